The van der Waals surface area contributed by atoms with E-state index in [0.717, 1.165) is 22.6 Å². The van der Waals surface area contributed by atoms with Crippen LogP contribution in [0.5, 0.6) is 11.5 Å². The lowest BCUT2D eigenvalue weighted by molar-refractivity contribution is 0.0970. The highest BCUT2D eigenvalue weighted by atomic mass is 32.1. The van der Waals surface area contributed by atoms with E-state index in [1.165, 1.54) is 16.2 Å². The van der Waals surface area contributed by atoms with E-state index in [9.17, 15) is 9.59 Å². The number of hydrogen-bond donors (Lipinski definition) is 0. The van der Waals surface area contributed by atoms with Crippen molar-refractivity contribution in [2.75, 3.05) is 18.6 Å². The van der Waals surface area contributed by atoms with Crippen LogP contribution in [0.15, 0.2) is 39.5 Å². The van der Waals surface area contributed by atoms with Gasteiger partial charge >= 0.3 is 0 Å². The Hall–Kier alpha value is -3.72. The molecular formula is C28H29N3O5S. The molecule has 0 fully saturated rings. The molecule has 0 saturated heterocycles. The number of amides is 1. The van der Waals surface area contributed by atoms with Crippen LogP contribution in [0.4, 0.5) is 5.13 Å². The molecule has 1 unspecified atom stereocenters. The third kappa shape index (κ3) is 4.27. The third-order valence-corrected chi connectivity index (χ3v) is 7.48. The van der Waals surface area contributed by atoms with E-state index >= 15 is 0 Å². The fraction of sp³-hybridized carbons (Fsp3) is 0.357. The van der Waals surface area contributed by atoms with Gasteiger partial charge in [-0.15, -0.1) is 10.2 Å². The fourth-order valence-corrected chi connectivity index (χ4v) is 5.72. The number of fused-ring (bicyclic) bond motifs is 2. The molecule has 1 amide bonds. The topological polar surface area (TPSA) is 94.8 Å². The van der Waals surface area contributed by atoms with Crippen molar-refractivity contribution in [2.45, 2.75) is 47.1 Å². The van der Waals surface area contributed by atoms with Crippen LogP contribution in [0, 0.1) is 19.8 Å². The lowest BCUT2D eigenvalue weighted by Crippen LogP contribution is -2.29. The van der Waals surface area contributed by atoms with Crippen LogP contribution in [-0.4, -0.2) is 29.8 Å². The summed E-state index contributed by atoms with van der Waals surface area (Å²) < 4.78 is 17.4. The van der Waals surface area contributed by atoms with Crippen molar-refractivity contribution >= 4 is 33.3 Å². The summed E-state index contributed by atoms with van der Waals surface area (Å²) in [6.45, 7) is 10.5. The molecule has 0 aliphatic carbocycles. The van der Waals surface area contributed by atoms with Crippen molar-refractivity contribution in [1.29, 1.82) is 0 Å². The number of hydrogen-bond acceptors (Lipinski definition) is 8. The molecule has 1 atom stereocenters. The number of carbonyl (C=O) groups is 1. The second-order valence-corrected chi connectivity index (χ2v) is 10.6. The summed E-state index contributed by atoms with van der Waals surface area (Å²) in [5.74, 6) is 1.08. The van der Waals surface area contributed by atoms with Crippen molar-refractivity contribution in [3.63, 3.8) is 0 Å². The van der Waals surface area contributed by atoms with Gasteiger partial charge < -0.3 is 13.9 Å². The van der Waals surface area contributed by atoms with Gasteiger partial charge in [-0.1, -0.05) is 31.3 Å². The van der Waals surface area contributed by atoms with Crippen LogP contribution in [0.1, 0.15) is 64.6 Å². The Bertz CT molecular complexity index is 1570. The molecule has 0 spiro atoms. The zero-order chi connectivity index (χ0) is 26.4. The largest absolute Gasteiger partial charge is 0.493 e. The quantitative estimate of drug-likeness (QED) is 0.313. The molecule has 0 N–H and O–H groups in total. The van der Waals surface area contributed by atoms with E-state index in [1.54, 1.807) is 19.2 Å². The van der Waals surface area contributed by atoms with Gasteiger partial charge in [-0.25, -0.2) is 0 Å². The molecule has 9 heteroatoms. The van der Waals surface area contributed by atoms with Gasteiger partial charge in [0.2, 0.25) is 10.9 Å². The maximum atomic E-state index is 13.9. The van der Waals surface area contributed by atoms with Crippen LogP contribution in [0.2, 0.25) is 0 Å². The predicted molar refractivity (Wildman–Crippen MR) is 143 cm³/mol. The van der Waals surface area contributed by atoms with Crippen LogP contribution in [0.3, 0.4) is 0 Å². The first-order chi connectivity index (χ1) is 17.7. The minimum atomic E-state index is -0.755. The number of anilines is 1. The summed E-state index contributed by atoms with van der Waals surface area (Å²) in [5.41, 5.74) is 3.08. The average Bonchev–Trinajstić information content (AvgIpc) is 3.42. The molecule has 37 heavy (non-hydrogen) atoms. The maximum absolute atomic E-state index is 13.9. The summed E-state index contributed by atoms with van der Waals surface area (Å²) >= 11 is 1.35. The third-order valence-electron chi connectivity index (χ3n) is 6.53. The normalized spacial score (nSPS) is 15.1. The minimum absolute atomic E-state index is 0.0271. The van der Waals surface area contributed by atoms with Gasteiger partial charge in [0.25, 0.3) is 5.91 Å². The van der Waals surface area contributed by atoms with Crippen LogP contribution in [-0.2, 0) is 6.42 Å². The lowest BCUT2D eigenvalue weighted by Gasteiger charge is -2.23. The zero-order valence-corrected chi connectivity index (χ0v) is 22.6. The van der Waals surface area contributed by atoms with Crippen molar-refractivity contribution in [3.05, 3.63) is 73.6 Å². The summed E-state index contributed by atoms with van der Waals surface area (Å²) in [4.78, 5) is 29.3. The molecule has 4 aromatic rings. The number of aryl methyl sites for hydroxylation is 2. The van der Waals surface area contributed by atoms with Crippen molar-refractivity contribution in [3.8, 4) is 11.5 Å². The van der Waals surface area contributed by atoms with E-state index in [1.807, 2.05) is 39.0 Å². The van der Waals surface area contributed by atoms with Gasteiger partial charge in [0.15, 0.2) is 16.9 Å². The molecule has 0 bridgehead atoms. The molecule has 8 nitrogen and oxygen atoms in total. The Balaban J connectivity index is 1.75. The summed E-state index contributed by atoms with van der Waals surface area (Å²) in [7, 11) is 1.56. The highest BCUT2D eigenvalue weighted by Gasteiger charge is 2.45. The highest BCUT2D eigenvalue weighted by Crippen LogP contribution is 2.44. The molecule has 1 aliphatic heterocycles. The van der Waals surface area contributed by atoms with Crippen LogP contribution in [0.25, 0.3) is 11.0 Å². The van der Waals surface area contributed by atoms with E-state index < -0.39 is 11.9 Å². The molecule has 1 aliphatic rings. The van der Waals surface area contributed by atoms with Gasteiger partial charge in [-0.3, -0.25) is 14.5 Å². The van der Waals surface area contributed by atoms with Gasteiger partial charge in [-0.05, 0) is 67.6 Å². The van der Waals surface area contributed by atoms with Crippen LogP contribution >= 0.6 is 11.3 Å². The second-order valence-electron chi connectivity index (χ2n) is 9.60. The Morgan fingerprint density at radius 1 is 1.08 bits per heavy atom. The number of nitrogens with zero attached hydrogens (tertiary/aromatic N) is 3. The fourth-order valence-electron chi connectivity index (χ4n) is 4.64. The Morgan fingerprint density at radius 3 is 2.54 bits per heavy atom. The van der Waals surface area contributed by atoms with Crippen molar-refractivity contribution in [1.82, 2.24) is 10.2 Å². The number of methoxy groups -OCH3 is 1. The Kier molecular flexibility index (Phi) is 6.49. The monoisotopic (exact) mass is 519 g/mol. The standard InChI is InChI=1S/C28H29N3O5S/c1-7-35-19-9-8-17(13-21(19)34-6)24-23-25(32)18-11-15(4)16(5)12-20(18)36-26(23)27(33)31(24)28-30-29-22(37-28)10-14(2)3/h8-9,11-14,24H,7,10H2,1-6H3. The van der Waals surface area contributed by atoms with E-state index in [0.29, 0.717) is 45.7 Å². The number of benzene rings is 2. The van der Waals surface area contributed by atoms with Gasteiger partial charge in [0, 0.05) is 6.42 Å². The maximum Gasteiger partial charge on any atom is 0.297 e. The number of rotatable bonds is 7. The summed E-state index contributed by atoms with van der Waals surface area (Å²) in [6.07, 6.45) is 0.744. The van der Waals surface area contributed by atoms with Crippen molar-refractivity contribution in [2.24, 2.45) is 5.92 Å². The molecular weight excluding hydrogens is 490 g/mol. The first-order valence-corrected chi connectivity index (χ1v) is 13.1. The SMILES string of the molecule is CCOc1ccc(C2c3c(oc4cc(C)c(C)cc4c3=O)C(=O)N2c2nnc(CC(C)C)s2)cc1OC. The van der Waals surface area contributed by atoms with Gasteiger partial charge in [0.1, 0.15) is 10.6 Å². The average molecular weight is 520 g/mol. The van der Waals surface area contributed by atoms with E-state index in [-0.39, 0.29) is 16.8 Å². The van der Waals surface area contributed by atoms with Gasteiger partial charge in [0.05, 0.1) is 30.7 Å². The first kappa shape index (κ1) is 25.0. The predicted octanol–water partition coefficient (Wildman–Crippen LogP) is 5.62. The Labute approximate surface area is 218 Å². The number of ether oxygens (including phenoxy) is 2. The molecule has 192 valence electrons. The molecule has 0 radical (unpaired) electrons. The minimum Gasteiger partial charge on any atom is -0.493 e. The molecule has 0 saturated carbocycles. The first-order valence-electron chi connectivity index (χ1n) is 12.3. The summed E-state index contributed by atoms with van der Waals surface area (Å²) in [6, 6.07) is 8.31. The molecule has 3 heterocycles. The van der Waals surface area contributed by atoms with Crippen LogP contribution < -0.4 is 19.8 Å². The second kappa shape index (κ2) is 9.63. The molecule has 5 rings (SSSR count). The Morgan fingerprint density at radius 2 is 1.84 bits per heavy atom. The van der Waals surface area contributed by atoms with Crippen molar-refractivity contribution < 1.29 is 18.7 Å². The highest BCUT2D eigenvalue weighted by molar-refractivity contribution is 7.15. The van der Waals surface area contributed by atoms with E-state index in [4.69, 9.17) is 13.9 Å². The zero-order valence-electron chi connectivity index (χ0n) is 21.7. The van der Waals surface area contributed by atoms with E-state index in [2.05, 4.69) is 24.0 Å². The number of carbonyl (C=O) groups excluding carboxylic acids is 1. The molecule has 2 aromatic heterocycles. The smallest absolute Gasteiger partial charge is 0.297 e. The van der Waals surface area contributed by atoms with Gasteiger partial charge in [-0.2, -0.15) is 0 Å². The molecule has 2 aromatic carbocycles. The summed E-state index contributed by atoms with van der Waals surface area (Å²) in [5, 5.41) is 10.4. The lowest BCUT2D eigenvalue weighted by atomic mass is 9.97. The number of aromatic nitrogens is 2.